The minimum atomic E-state index is -3.60. The van der Waals surface area contributed by atoms with Crippen molar-refractivity contribution >= 4 is 49.2 Å². The van der Waals surface area contributed by atoms with Gasteiger partial charge in [0.15, 0.2) is 4.80 Å². The summed E-state index contributed by atoms with van der Waals surface area (Å²) in [4.78, 5) is 19.0. The van der Waals surface area contributed by atoms with Crippen LogP contribution in [0, 0.1) is 0 Å². The third-order valence-electron chi connectivity index (χ3n) is 4.90. The van der Waals surface area contributed by atoms with E-state index in [1.807, 2.05) is 23.0 Å². The Morgan fingerprint density at radius 3 is 2.52 bits per heavy atom. The molecule has 2 aromatic carbocycles. The molecule has 0 atom stereocenters. The number of hydrogen-bond donors (Lipinski definition) is 0. The summed E-state index contributed by atoms with van der Waals surface area (Å²) in [7, 11) is -2.06. The number of thiazole rings is 1. The molecule has 1 aromatic heterocycles. The number of allylic oxidation sites excluding steroid dienone is 1. The molecule has 3 rings (SSSR count). The van der Waals surface area contributed by atoms with Gasteiger partial charge in [-0.25, -0.2) is 8.42 Å². The summed E-state index contributed by atoms with van der Waals surface area (Å²) < 4.78 is 29.5. The van der Waals surface area contributed by atoms with Crippen molar-refractivity contribution in [1.82, 2.24) is 8.87 Å². The van der Waals surface area contributed by atoms with Crippen molar-refractivity contribution in [2.45, 2.75) is 36.2 Å². The van der Waals surface area contributed by atoms with Crippen LogP contribution in [0.3, 0.4) is 0 Å². The zero-order chi connectivity index (χ0) is 22.8. The molecule has 0 radical (unpaired) electrons. The summed E-state index contributed by atoms with van der Waals surface area (Å²) in [6, 6.07) is 11.9. The van der Waals surface area contributed by atoms with Gasteiger partial charge in [-0.3, -0.25) is 4.79 Å². The summed E-state index contributed by atoms with van der Waals surface area (Å²) >= 11 is 3.10. The number of fused-ring (bicyclic) bond motifs is 1. The fourth-order valence-electron chi connectivity index (χ4n) is 2.94. The maximum atomic E-state index is 12.8. The van der Waals surface area contributed by atoms with Crippen molar-refractivity contribution in [1.29, 1.82) is 0 Å². The molecule has 0 N–H and O–H groups in total. The lowest BCUT2D eigenvalue weighted by Gasteiger charge is -2.20. The average Bonchev–Trinajstić information content (AvgIpc) is 3.09. The van der Waals surface area contributed by atoms with Crippen molar-refractivity contribution in [2.24, 2.45) is 4.99 Å². The Hall–Kier alpha value is -2.20. The Balaban J connectivity index is 1.99. The Kier molecular flexibility index (Phi) is 7.20. The van der Waals surface area contributed by atoms with E-state index in [2.05, 4.69) is 17.6 Å². The Morgan fingerprint density at radius 1 is 1.26 bits per heavy atom. The van der Waals surface area contributed by atoms with Crippen molar-refractivity contribution < 1.29 is 13.2 Å². The molecule has 0 unspecified atom stereocenters. The second-order valence-corrected chi connectivity index (χ2v) is 11.1. The van der Waals surface area contributed by atoms with E-state index >= 15 is 0 Å². The highest BCUT2D eigenvalue weighted by Gasteiger charge is 2.23. The second-order valence-electron chi connectivity index (χ2n) is 7.17. The van der Waals surface area contributed by atoms with E-state index in [0.717, 1.165) is 15.1 Å². The average molecular weight is 476 g/mol. The van der Waals surface area contributed by atoms with Crippen molar-refractivity contribution in [3.63, 3.8) is 0 Å². The first-order valence-electron chi connectivity index (χ1n) is 9.64. The largest absolute Gasteiger partial charge is 0.312 e. The molecule has 0 fully saturated rings. The van der Waals surface area contributed by atoms with Crippen LogP contribution in [0.15, 0.2) is 69.9 Å². The Labute approximate surface area is 191 Å². The van der Waals surface area contributed by atoms with Crippen molar-refractivity contribution in [3.05, 3.63) is 65.5 Å². The number of aromatic nitrogens is 1. The standard InChI is InChI=1S/C22H25N3O3S3/c1-6-13-25-19-12-9-17(29-5)14-20(19)30-22(25)23-21(26)16-7-10-18(11-8-16)31(27,28)24(4)15(2)3/h6-12,14-15H,1,13H2,2-5H3. The number of amides is 1. The highest BCUT2D eigenvalue weighted by atomic mass is 32.2. The maximum absolute atomic E-state index is 12.8. The van der Waals surface area contributed by atoms with Crippen LogP contribution < -0.4 is 4.80 Å². The van der Waals surface area contributed by atoms with Crippen LogP contribution in [-0.2, 0) is 16.6 Å². The molecule has 0 saturated carbocycles. The maximum Gasteiger partial charge on any atom is 0.279 e. The third-order valence-corrected chi connectivity index (χ3v) is 8.72. The van der Waals surface area contributed by atoms with E-state index in [-0.39, 0.29) is 10.9 Å². The number of hydrogen-bond acceptors (Lipinski definition) is 5. The molecule has 0 saturated heterocycles. The van der Waals surface area contributed by atoms with Crippen LogP contribution in [-0.4, -0.2) is 42.5 Å². The smallest absolute Gasteiger partial charge is 0.279 e. The van der Waals surface area contributed by atoms with Gasteiger partial charge in [-0.2, -0.15) is 9.30 Å². The number of sulfonamides is 1. The first-order valence-corrected chi connectivity index (χ1v) is 13.1. The molecule has 0 bridgehead atoms. The van der Waals surface area contributed by atoms with E-state index in [9.17, 15) is 13.2 Å². The second kappa shape index (κ2) is 9.52. The normalized spacial score (nSPS) is 12.8. The molecule has 0 aliphatic heterocycles. The lowest BCUT2D eigenvalue weighted by molar-refractivity contribution is 0.0997. The number of carbonyl (C=O) groups is 1. The molecule has 6 nitrogen and oxygen atoms in total. The first-order chi connectivity index (χ1) is 14.7. The van der Waals surface area contributed by atoms with E-state index in [0.29, 0.717) is 16.9 Å². The van der Waals surface area contributed by atoms with Gasteiger partial charge in [0, 0.05) is 30.1 Å². The number of thioether (sulfide) groups is 1. The predicted molar refractivity (Wildman–Crippen MR) is 128 cm³/mol. The first kappa shape index (κ1) is 23.5. The quantitative estimate of drug-likeness (QED) is 0.376. The Bertz CT molecular complexity index is 1290. The number of carbonyl (C=O) groups excluding carboxylic acids is 1. The van der Waals surface area contributed by atoms with Crippen LogP contribution in [0.2, 0.25) is 0 Å². The van der Waals surface area contributed by atoms with Gasteiger partial charge in [0.1, 0.15) is 0 Å². The molecule has 0 aliphatic carbocycles. The number of benzene rings is 2. The molecule has 0 spiro atoms. The molecular formula is C22H25N3O3S3. The van der Waals surface area contributed by atoms with Gasteiger partial charge < -0.3 is 4.57 Å². The fraction of sp³-hybridized carbons (Fsp3) is 0.273. The highest BCUT2D eigenvalue weighted by Crippen LogP contribution is 2.24. The Morgan fingerprint density at radius 2 is 1.94 bits per heavy atom. The molecule has 0 aliphatic rings. The van der Waals surface area contributed by atoms with Crippen LogP contribution >= 0.6 is 23.1 Å². The zero-order valence-corrected chi connectivity index (χ0v) is 20.4. The van der Waals surface area contributed by atoms with Crippen LogP contribution in [0.25, 0.3) is 10.2 Å². The van der Waals surface area contributed by atoms with Crippen molar-refractivity contribution in [2.75, 3.05) is 13.3 Å². The lowest BCUT2D eigenvalue weighted by atomic mass is 10.2. The summed E-state index contributed by atoms with van der Waals surface area (Å²) in [5, 5.41) is 0. The monoisotopic (exact) mass is 475 g/mol. The van der Waals surface area contributed by atoms with Crippen LogP contribution in [0.1, 0.15) is 24.2 Å². The minimum Gasteiger partial charge on any atom is -0.312 e. The van der Waals surface area contributed by atoms with E-state index in [1.54, 1.807) is 31.7 Å². The van der Waals surface area contributed by atoms with E-state index in [4.69, 9.17) is 0 Å². The van der Waals surface area contributed by atoms with Gasteiger partial charge in [0.25, 0.3) is 5.91 Å². The highest BCUT2D eigenvalue weighted by molar-refractivity contribution is 7.98. The van der Waals surface area contributed by atoms with Gasteiger partial charge in [-0.1, -0.05) is 17.4 Å². The van der Waals surface area contributed by atoms with E-state index in [1.165, 1.54) is 47.0 Å². The van der Waals surface area contributed by atoms with Crippen LogP contribution in [0.5, 0.6) is 0 Å². The van der Waals surface area contributed by atoms with E-state index < -0.39 is 15.9 Å². The zero-order valence-electron chi connectivity index (χ0n) is 17.9. The van der Waals surface area contributed by atoms with Crippen molar-refractivity contribution in [3.8, 4) is 0 Å². The van der Waals surface area contributed by atoms with Crippen LogP contribution in [0.4, 0.5) is 0 Å². The lowest BCUT2D eigenvalue weighted by Crippen LogP contribution is -2.33. The van der Waals surface area contributed by atoms with Gasteiger partial charge in [-0.15, -0.1) is 18.3 Å². The van der Waals surface area contributed by atoms with Gasteiger partial charge in [0.05, 0.1) is 15.1 Å². The third kappa shape index (κ3) is 4.85. The molecule has 9 heteroatoms. The van der Waals surface area contributed by atoms with Gasteiger partial charge >= 0.3 is 0 Å². The molecule has 1 heterocycles. The molecular weight excluding hydrogens is 450 g/mol. The predicted octanol–water partition coefficient (Wildman–Crippen LogP) is 4.38. The fourth-order valence-corrected chi connectivity index (χ4v) is 5.90. The number of rotatable bonds is 7. The van der Waals surface area contributed by atoms with Gasteiger partial charge in [0.2, 0.25) is 10.0 Å². The summed E-state index contributed by atoms with van der Waals surface area (Å²) in [5.74, 6) is -0.421. The number of nitrogens with zero attached hydrogens (tertiary/aromatic N) is 3. The molecule has 3 aromatic rings. The molecule has 31 heavy (non-hydrogen) atoms. The topological polar surface area (TPSA) is 71.7 Å². The summed E-state index contributed by atoms with van der Waals surface area (Å²) in [6.07, 6.45) is 3.78. The minimum absolute atomic E-state index is 0.147. The molecule has 164 valence electrons. The summed E-state index contributed by atoms with van der Waals surface area (Å²) in [6.45, 7) is 7.95. The summed E-state index contributed by atoms with van der Waals surface area (Å²) in [5.41, 5.74) is 1.32. The van der Waals surface area contributed by atoms with Gasteiger partial charge in [-0.05, 0) is 62.6 Å². The SMILES string of the molecule is C=CCn1c(=NC(=O)c2ccc(S(=O)(=O)N(C)C(C)C)cc2)sc2cc(SC)ccc21. The molecule has 1 amide bonds.